The summed E-state index contributed by atoms with van der Waals surface area (Å²) in [4.78, 5) is 33.8. The standard InChI is InChI=1S/C36H46N4O2/c1-23-13-15-27(23)35(41)33(19-25-21-39-31-11-5-3-9-29(25)31)37-17-7-8-18-38-34(36(42)28-16-14-24(28)2)20-26-22-40-32-12-6-4-10-30(26)32/h3-6,9-12,21-24,27-28,33-34,37-40H,7-8,13-20H2,1-2H3. The number of unbranched alkanes of at least 4 members (excludes halogenated alkanes) is 1. The van der Waals surface area contributed by atoms with Gasteiger partial charge < -0.3 is 20.6 Å². The molecule has 2 saturated carbocycles. The summed E-state index contributed by atoms with van der Waals surface area (Å²) in [5, 5.41) is 9.69. The van der Waals surface area contributed by atoms with Gasteiger partial charge in [-0.1, -0.05) is 50.2 Å². The molecule has 42 heavy (non-hydrogen) atoms. The van der Waals surface area contributed by atoms with Crippen molar-refractivity contribution in [2.45, 2.75) is 77.3 Å². The van der Waals surface area contributed by atoms with E-state index < -0.39 is 0 Å². The van der Waals surface area contributed by atoms with Crippen molar-refractivity contribution in [3.63, 3.8) is 0 Å². The van der Waals surface area contributed by atoms with Crippen LogP contribution in [0.25, 0.3) is 21.8 Å². The molecule has 6 unspecified atom stereocenters. The molecule has 222 valence electrons. The summed E-state index contributed by atoms with van der Waals surface area (Å²) in [6.45, 7) is 6.00. The summed E-state index contributed by atoms with van der Waals surface area (Å²) in [7, 11) is 0. The van der Waals surface area contributed by atoms with E-state index in [1.165, 1.54) is 21.9 Å². The van der Waals surface area contributed by atoms with Crippen LogP contribution >= 0.6 is 0 Å². The van der Waals surface area contributed by atoms with Crippen molar-refractivity contribution >= 4 is 33.4 Å². The number of nitrogens with one attached hydrogen (secondary N) is 4. The van der Waals surface area contributed by atoms with Gasteiger partial charge in [0.1, 0.15) is 0 Å². The summed E-state index contributed by atoms with van der Waals surface area (Å²) < 4.78 is 0. The molecule has 2 aliphatic rings. The van der Waals surface area contributed by atoms with Crippen molar-refractivity contribution in [1.82, 2.24) is 20.6 Å². The lowest BCUT2D eigenvalue weighted by Crippen LogP contribution is -2.47. The van der Waals surface area contributed by atoms with Gasteiger partial charge in [0.15, 0.2) is 11.6 Å². The number of hydrogen-bond donors (Lipinski definition) is 4. The molecule has 0 spiro atoms. The van der Waals surface area contributed by atoms with Gasteiger partial charge in [-0.2, -0.15) is 0 Å². The Balaban J connectivity index is 1.04. The summed E-state index contributed by atoms with van der Waals surface area (Å²) >= 11 is 0. The first-order valence-electron chi connectivity index (χ1n) is 16.1. The highest BCUT2D eigenvalue weighted by molar-refractivity contribution is 5.90. The zero-order chi connectivity index (χ0) is 29.1. The van der Waals surface area contributed by atoms with Gasteiger partial charge in [0.2, 0.25) is 0 Å². The van der Waals surface area contributed by atoms with Crippen molar-refractivity contribution in [2.24, 2.45) is 23.7 Å². The number of rotatable bonds is 15. The Morgan fingerprint density at radius 2 is 1.12 bits per heavy atom. The molecule has 6 heteroatoms. The second kappa shape index (κ2) is 13.0. The molecule has 2 fully saturated rings. The molecule has 4 N–H and O–H groups in total. The average Bonchev–Trinajstić information content (AvgIpc) is 3.59. The lowest BCUT2D eigenvalue weighted by Gasteiger charge is -2.35. The molecule has 2 aromatic carbocycles. The van der Waals surface area contributed by atoms with E-state index in [0.29, 0.717) is 36.2 Å². The Hall–Kier alpha value is -3.22. The molecular weight excluding hydrogens is 520 g/mol. The van der Waals surface area contributed by atoms with Crippen molar-refractivity contribution in [3.05, 3.63) is 72.1 Å². The topological polar surface area (TPSA) is 89.8 Å². The van der Waals surface area contributed by atoms with Crippen LogP contribution in [0, 0.1) is 23.7 Å². The molecule has 0 aliphatic heterocycles. The fraction of sp³-hybridized carbons (Fsp3) is 0.500. The number of aromatic amines is 2. The van der Waals surface area contributed by atoms with Gasteiger partial charge in [-0.15, -0.1) is 0 Å². The van der Waals surface area contributed by atoms with Crippen LogP contribution < -0.4 is 10.6 Å². The Morgan fingerprint density at radius 1 is 0.690 bits per heavy atom. The first-order chi connectivity index (χ1) is 20.5. The number of aromatic nitrogens is 2. The molecule has 4 aromatic rings. The largest absolute Gasteiger partial charge is 0.361 e. The first-order valence-corrected chi connectivity index (χ1v) is 16.1. The van der Waals surface area contributed by atoms with Gasteiger partial charge in [0, 0.05) is 46.0 Å². The fourth-order valence-corrected chi connectivity index (χ4v) is 7.09. The van der Waals surface area contributed by atoms with Gasteiger partial charge in [-0.3, -0.25) is 9.59 Å². The minimum atomic E-state index is -0.166. The number of para-hydroxylation sites is 2. The van der Waals surface area contributed by atoms with Crippen LogP contribution in [0.2, 0.25) is 0 Å². The predicted octanol–water partition coefficient (Wildman–Crippen LogP) is 6.36. The minimum absolute atomic E-state index is 0.166. The first kappa shape index (κ1) is 28.9. The molecule has 2 aliphatic carbocycles. The highest BCUT2D eigenvalue weighted by Crippen LogP contribution is 2.36. The Morgan fingerprint density at radius 3 is 1.50 bits per heavy atom. The van der Waals surface area contributed by atoms with Crippen molar-refractivity contribution in [2.75, 3.05) is 13.1 Å². The molecule has 0 radical (unpaired) electrons. The smallest absolute Gasteiger partial charge is 0.153 e. The summed E-state index contributed by atoms with van der Waals surface area (Å²) in [6.07, 6.45) is 11.8. The normalized spacial score (nSPS) is 23.4. The number of Topliss-reactive ketones (excluding diaryl/α,β-unsaturated/α-hetero) is 2. The highest BCUT2D eigenvalue weighted by atomic mass is 16.1. The Labute approximate surface area is 249 Å². The predicted molar refractivity (Wildman–Crippen MR) is 171 cm³/mol. The Kier molecular flexibility index (Phi) is 8.92. The maximum absolute atomic E-state index is 13.5. The molecular formula is C36H46N4O2. The summed E-state index contributed by atoms with van der Waals surface area (Å²) in [5.74, 6) is 2.07. The minimum Gasteiger partial charge on any atom is -0.361 e. The van der Waals surface area contributed by atoms with Gasteiger partial charge >= 0.3 is 0 Å². The zero-order valence-electron chi connectivity index (χ0n) is 25.1. The number of benzene rings is 2. The van der Waals surface area contributed by atoms with Crippen molar-refractivity contribution in [1.29, 1.82) is 0 Å². The number of fused-ring (bicyclic) bond motifs is 2. The number of hydrogen-bond acceptors (Lipinski definition) is 4. The van der Waals surface area contributed by atoms with Crippen molar-refractivity contribution < 1.29 is 9.59 Å². The van der Waals surface area contributed by atoms with E-state index >= 15 is 0 Å². The van der Waals surface area contributed by atoms with Crippen LogP contribution in [0.3, 0.4) is 0 Å². The number of carbonyl (C=O) groups excluding carboxylic acids is 2. The van der Waals surface area contributed by atoms with Crippen LogP contribution in [0.1, 0.15) is 63.5 Å². The van der Waals surface area contributed by atoms with Gasteiger partial charge in [0.25, 0.3) is 0 Å². The fourth-order valence-electron chi connectivity index (χ4n) is 7.09. The number of H-pyrrole nitrogens is 2. The SMILES string of the molecule is CC1CCC1C(=O)C(Cc1c[nH]c2ccccc12)NCCCCNC(Cc1c[nH]c2ccccc12)C(=O)C1CCC1C. The number of carbonyl (C=O) groups is 2. The van der Waals surface area contributed by atoms with Gasteiger partial charge in [0.05, 0.1) is 12.1 Å². The zero-order valence-corrected chi connectivity index (χ0v) is 25.1. The third-order valence-electron chi connectivity index (χ3n) is 10.2. The molecule has 0 bridgehead atoms. The van der Waals surface area contributed by atoms with Gasteiger partial charge in [-0.25, -0.2) is 0 Å². The quantitative estimate of drug-likeness (QED) is 0.126. The van der Waals surface area contributed by atoms with Crippen LogP contribution in [0.4, 0.5) is 0 Å². The molecule has 6 nitrogen and oxygen atoms in total. The second-order valence-corrected chi connectivity index (χ2v) is 13.0. The maximum atomic E-state index is 13.5. The van der Waals surface area contributed by atoms with Crippen LogP contribution in [-0.2, 0) is 22.4 Å². The molecule has 2 aromatic heterocycles. The summed E-state index contributed by atoms with van der Waals surface area (Å²) in [6, 6.07) is 16.3. The Bertz CT molecular complexity index is 1400. The maximum Gasteiger partial charge on any atom is 0.153 e. The second-order valence-electron chi connectivity index (χ2n) is 13.0. The van der Waals surface area contributed by atoms with Crippen LogP contribution in [-0.4, -0.2) is 46.7 Å². The summed E-state index contributed by atoms with van der Waals surface area (Å²) in [5.41, 5.74) is 4.65. The molecule has 2 heterocycles. The van der Waals surface area contributed by atoms with E-state index in [9.17, 15) is 9.59 Å². The lowest BCUT2D eigenvalue weighted by molar-refractivity contribution is -0.130. The van der Waals surface area contributed by atoms with Gasteiger partial charge in [-0.05, 0) is 99.6 Å². The molecule has 6 atom stereocenters. The van der Waals surface area contributed by atoms with E-state index in [-0.39, 0.29) is 23.9 Å². The van der Waals surface area contributed by atoms with Crippen molar-refractivity contribution in [3.8, 4) is 0 Å². The highest BCUT2D eigenvalue weighted by Gasteiger charge is 2.38. The van der Waals surface area contributed by atoms with E-state index in [0.717, 1.165) is 62.6 Å². The van der Waals surface area contributed by atoms with E-state index in [1.807, 2.05) is 12.1 Å². The number of ketones is 2. The van der Waals surface area contributed by atoms with Crippen LogP contribution in [0.15, 0.2) is 60.9 Å². The third-order valence-corrected chi connectivity index (χ3v) is 10.2. The average molecular weight is 567 g/mol. The lowest BCUT2D eigenvalue weighted by atomic mass is 9.70. The van der Waals surface area contributed by atoms with E-state index in [2.05, 4.69) is 83.2 Å². The monoisotopic (exact) mass is 566 g/mol. The van der Waals surface area contributed by atoms with Crippen LogP contribution in [0.5, 0.6) is 0 Å². The van der Waals surface area contributed by atoms with E-state index in [4.69, 9.17) is 0 Å². The molecule has 0 saturated heterocycles. The third kappa shape index (κ3) is 6.11. The van der Waals surface area contributed by atoms with E-state index in [1.54, 1.807) is 0 Å². The molecule has 6 rings (SSSR count). The molecule has 0 amide bonds.